The van der Waals surface area contributed by atoms with Crippen LogP contribution in [0.4, 0.5) is 4.39 Å². The Morgan fingerprint density at radius 3 is 2.62 bits per heavy atom. The Hall–Kier alpha value is -0.540. The van der Waals surface area contributed by atoms with Crippen molar-refractivity contribution >= 4 is 11.8 Å². The maximum Gasteiger partial charge on any atom is 0.123 e. The number of benzene rings is 1. The van der Waals surface area contributed by atoms with Crippen molar-refractivity contribution < 1.29 is 4.39 Å². The Morgan fingerprint density at radius 1 is 1.31 bits per heavy atom. The molecule has 0 aliphatic rings. The first-order valence-electron chi connectivity index (χ1n) is 5.78. The fourth-order valence-electron chi connectivity index (χ4n) is 1.57. The predicted molar refractivity (Wildman–Crippen MR) is 70.6 cm³/mol. The Labute approximate surface area is 102 Å². The van der Waals surface area contributed by atoms with Crippen molar-refractivity contribution in [2.45, 2.75) is 26.3 Å². The lowest BCUT2D eigenvalue weighted by atomic mass is 10.1. The zero-order chi connectivity index (χ0) is 11.8. The molecule has 0 spiro atoms. The van der Waals surface area contributed by atoms with Crippen molar-refractivity contribution in [2.24, 2.45) is 0 Å². The Bertz CT molecular complexity index is 286. The van der Waals surface area contributed by atoms with Crippen molar-refractivity contribution in [3.63, 3.8) is 0 Å². The third-order valence-corrected chi connectivity index (χ3v) is 3.30. The van der Waals surface area contributed by atoms with Crippen LogP contribution < -0.4 is 5.32 Å². The molecule has 16 heavy (non-hydrogen) atoms. The first-order chi connectivity index (χ1) is 7.72. The van der Waals surface area contributed by atoms with Crippen LogP contribution in [0.5, 0.6) is 0 Å². The summed E-state index contributed by atoms with van der Waals surface area (Å²) in [5, 5.41) is 3.47. The lowest BCUT2D eigenvalue weighted by Crippen LogP contribution is -2.30. The molecule has 0 amide bonds. The second kappa shape index (κ2) is 7.69. The second-order valence-electron chi connectivity index (χ2n) is 3.88. The van der Waals surface area contributed by atoms with Gasteiger partial charge in [0.1, 0.15) is 5.82 Å². The summed E-state index contributed by atoms with van der Waals surface area (Å²) in [6.45, 7) is 5.38. The molecule has 1 unspecified atom stereocenters. The number of halogens is 1. The summed E-state index contributed by atoms with van der Waals surface area (Å²) in [6, 6.07) is 7.20. The van der Waals surface area contributed by atoms with E-state index in [-0.39, 0.29) is 5.82 Å². The van der Waals surface area contributed by atoms with Gasteiger partial charge in [-0.05, 0) is 36.8 Å². The van der Waals surface area contributed by atoms with Gasteiger partial charge in [0.2, 0.25) is 0 Å². The second-order valence-corrected chi connectivity index (χ2v) is 5.28. The number of rotatable bonds is 7. The van der Waals surface area contributed by atoms with Crippen LogP contribution in [0.15, 0.2) is 24.3 Å². The number of thioether (sulfide) groups is 1. The van der Waals surface area contributed by atoms with Crippen molar-refractivity contribution in [3.8, 4) is 0 Å². The topological polar surface area (TPSA) is 12.0 Å². The summed E-state index contributed by atoms with van der Waals surface area (Å²) in [5.41, 5.74) is 1.18. The van der Waals surface area contributed by atoms with E-state index in [9.17, 15) is 4.39 Å². The van der Waals surface area contributed by atoms with Gasteiger partial charge in [0.05, 0.1) is 0 Å². The highest BCUT2D eigenvalue weighted by Crippen LogP contribution is 2.05. The normalized spacial score (nSPS) is 12.7. The first-order valence-corrected chi connectivity index (χ1v) is 6.93. The summed E-state index contributed by atoms with van der Waals surface area (Å²) >= 11 is 1.95. The smallest absolute Gasteiger partial charge is 0.123 e. The van der Waals surface area contributed by atoms with E-state index in [1.165, 1.54) is 23.4 Å². The van der Waals surface area contributed by atoms with E-state index in [1.54, 1.807) is 0 Å². The highest BCUT2D eigenvalue weighted by Gasteiger charge is 2.02. The highest BCUT2D eigenvalue weighted by atomic mass is 32.2. The third kappa shape index (κ3) is 5.52. The van der Waals surface area contributed by atoms with Crippen LogP contribution in [0.25, 0.3) is 0 Å². The van der Waals surface area contributed by atoms with Crippen LogP contribution in [0.3, 0.4) is 0 Å². The molecule has 1 aromatic rings. The van der Waals surface area contributed by atoms with Crippen LogP contribution in [-0.2, 0) is 6.42 Å². The van der Waals surface area contributed by atoms with Gasteiger partial charge >= 0.3 is 0 Å². The molecule has 0 saturated carbocycles. The Morgan fingerprint density at radius 2 is 2.00 bits per heavy atom. The monoisotopic (exact) mass is 241 g/mol. The Balaban J connectivity index is 2.23. The number of hydrogen-bond donors (Lipinski definition) is 1. The van der Waals surface area contributed by atoms with Crippen molar-refractivity contribution in [1.29, 1.82) is 0 Å². The number of hydrogen-bond acceptors (Lipinski definition) is 2. The molecule has 1 atom stereocenters. The van der Waals surface area contributed by atoms with Crippen LogP contribution in [-0.4, -0.2) is 24.1 Å². The van der Waals surface area contributed by atoms with Gasteiger partial charge in [-0.1, -0.05) is 19.1 Å². The Kier molecular flexibility index (Phi) is 6.50. The minimum Gasteiger partial charge on any atom is -0.313 e. The molecule has 0 aliphatic carbocycles. The summed E-state index contributed by atoms with van der Waals surface area (Å²) in [7, 11) is 0. The zero-order valence-corrected chi connectivity index (χ0v) is 10.8. The predicted octanol–water partition coefficient (Wildman–Crippen LogP) is 3.10. The molecular formula is C13H20FNS. The van der Waals surface area contributed by atoms with Crippen LogP contribution >= 0.6 is 11.8 Å². The van der Waals surface area contributed by atoms with Gasteiger partial charge in [-0.25, -0.2) is 4.39 Å². The van der Waals surface area contributed by atoms with Gasteiger partial charge in [0, 0.05) is 18.3 Å². The molecule has 0 saturated heterocycles. The molecule has 0 heterocycles. The van der Waals surface area contributed by atoms with Gasteiger partial charge in [0.25, 0.3) is 0 Å². The quantitative estimate of drug-likeness (QED) is 0.736. The van der Waals surface area contributed by atoms with Crippen LogP contribution in [0, 0.1) is 5.82 Å². The van der Waals surface area contributed by atoms with Gasteiger partial charge < -0.3 is 5.32 Å². The molecule has 0 radical (unpaired) electrons. The van der Waals surface area contributed by atoms with E-state index < -0.39 is 0 Å². The third-order valence-electron chi connectivity index (χ3n) is 2.40. The molecule has 3 heteroatoms. The van der Waals surface area contributed by atoms with Crippen molar-refractivity contribution in [1.82, 2.24) is 5.32 Å². The van der Waals surface area contributed by atoms with E-state index in [0.717, 1.165) is 18.7 Å². The molecule has 1 N–H and O–H groups in total. The molecule has 1 aromatic carbocycles. The molecular weight excluding hydrogens is 221 g/mol. The van der Waals surface area contributed by atoms with Gasteiger partial charge in [-0.2, -0.15) is 11.8 Å². The zero-order valence-electron chi connectivity index (χ0n) is 10.0. The fourth-order valence-corrected chi connectivity index (χ4v) is 2.12. The van der Waals surface area contributed by atoms with Gasteiger partial charge in [0.15, 0.2) is 0 Å². The van der Waals surface area contributed by atoms with Gasteiger partial charge in [-0.3, -0.25) is 0 Å². The average molecular weight is 241 g/mol. The molecule has 1 nitrogen and oxygen atoms in total. The van der Waals surface area contributed by atoms with Crippen LogP contribution in [0.2, 0.25) is 0 Å². The van der Waals surface area contributed by atoms with E-state index in [0.29, 0.717) is 6.04 Å². The van der Waals surface area contributed by atoms with E-state index in [2.05, 4.69) is 19.2 Å². The van der Waals surface area contributed by atoms with Gasteiger partial charge in [-0.15, -0.1) is 0 Å². The average Bonchev–Trinajstić information content (AvgIpc) is 2.28. The molecule has 0 aliphatic heterocycles. The van der Waals surface area contributed by atoms with Crippen molar-refractivity contribution in [2.75, 3.05) is 18.1 Å². The molecule has 0 bridgehead atoms. The summed E-state index contributed by atoms with van der Waals surface area (Å²) in [6.07, 6.45) is 0.955. The van der Waals surface area contributed by atoms with E-state index >= 15 is 0 Å². The molecule has 0 aromatic heterocycles. The highest BCUT2D eigenvalue weighted by molar-refractivity contribution is 7.99. The standard InChI is InChI=1S/C13H20FNS/c1-3-16-9-8-15-11(2)10-12-4-6-13(14)7-5-12/h4-7,11,15H,3,8-10H2,1-2H3. The first kappa shape index (κ1) is 13.5. The number of nitrogens with one attached hydrogen (secondary N) is 1. The van der Waals surface area contributed by atoms with E-state index in [4.69, 9.17) is 0 Å². The summed E-state index contributed by atoms with van der Waals surface area (Å²) in [5.74, 6) is 2.17. The lowest BCUT2D eigenvalue weighted by Gasteiger charge is -2.13. The summed E-state index contributed by atoms with van der Waals surface area (Å²) < 4.78 is 12.7. The maximum absolute atomic E-state index is 12.7. The largest absolute Gasteiger partial charge is 0.313 e. The molecule has 1 rings (SSSR count). The maximum atomic E-state index is 12.7. The lowest BCUT2D eigenvalue weighted by molar-refractivity contribution is 0.566. The van der Waals surface area contributed by atoms with Crippen LogP contribution in [0.1, 0.15) is 19.4 Å². The minimum absolute atomic E-state index is 0.163. The SMILES string of the molecule is CCSCCNC(C)Cc1ccc(F)cc1. The minimum atomic E-state index is -0.163. The molecule has 0 fully saturated rings. The van der Waals surface area contributed by atoms with Crippen molar-refractivity contribution in [3.05, 3.63) is 35.6 Å². The van der Waals surface area contributed by atoms with E-state index in [1.807, 2.05) is 23.9 Å². The summed E-state index contributed by atoms with van der Waals surface area (Å²) in [4.78, 5) is 0. The fraction of sp³-hybridized carbons (Fsp3) is 0.538. The molecule has 90 valence electrons.